The number of nitrogens with two attached hydrogens (primary N) is 1. The summed E-state index contributed by atoms with van der Waals surface area (Å²) in [7, 11) is 1.93. The smallest absolute Gasteiger partial charge is 0.117 e. The van der Waals surface area contributed by atoms with E-state index in [-0.39, 0.29) is 4.75 Å². The molecule has 0 aliphatic heterocycles. The lowest BCUT2D eigenvalue weighted by molar-refractivity contribution is 0.685. The van der Waals surface area contributed by atoms with Gasteiger partial charge >= 0.3 is 0 Å². The van der Waals surface area contributed by atoms with E-state index in [4.69, 9.17) is 5.73 Å². The first-order chi connectivity index (χ1) is 5.81. The molecule has 0 aliphatic carbocycles. The third-order valence-electron chi connectivity index (χ3n) is 1.62. The van der Waals surface area contributed by atoms with E-state index < -0.39 is 0 Å². The van der Waals surface area contributed by atoms with Crippen molar-refractivity contribution in [1.82, 2.24) is 9.78 Å². The van der Waals surface area contributed by atoms with E-state index in [0.717, 1.165) is 16.4 Å². The first-order valence-corrected chi connectivity index (χ1v) is 5.11. The van der Waals surface area contributed by atoms with Crippen LogP contribution in [0, 0.1) is 6.92 Å². The summed E-state index contributed by atoms with van der Waals surface area (Å²) >= 11 is 1.75. The summed E-state index contributed by atoms with van der Waals surface area (Å²) in [4.78, 5) is 0. The lowest BCUT2D eigenvalue weighted by Crippen LogP contribution is -2.09. The first kappa shape index (κ1) is 10.4. The Labute approximate surface area is 83.7 Å². The average molecular weight is 199 g/mol. The molecule has 0 radical (unpaired) electrons. The molecule has 0 spiro atoms. The van der Waals surface area contributed by atoms with Gasteiger partial charge in [0.05, 0.1) is 11.4 Å². The van der Waals surface area contributed by atoms with Gasteiger partial charge in [-0.05, 0) is 6.92 Å². The molecule has 1 heterocycles. The number of hydrogen-bond acceptors (Lipinski definition) is 3. The third kappa shape index (κ3) is 2.40. The summed E-state index contributed by atoms with van der Waals surface area (Å²) in [5, 5.41) is 5.33. The van der Waals surface area contributed by atoms with Gasteiger partial charge in [-0.25, -0.2) is 0 Å². The van der Waals surface area contributed by atoms with Crippen molar-refractivity contribution in [2.75, 3.05) is 5.73 Å². The molecule has 0 fully saturated rings. The predicted octanol–water partition coefficient (Wildman–Crippen LogP) is 2.20. The lowest BCUT2D eigenvalue weighted by Gasteiger charge is -2.17. The van der Waals surface area contributed by atoms with Crippen LogP contribution in [-0.4, -0.2) is 14.5 Å². The van der Waals surface area contributed by atoms with Crippen molar-refractivity contribution in [1.29, 1.82) is 0 Å². The molecule has 3 nitrogen and oxygen atoms in total. The van der Waals surface area contributed by atoms with Crippen LogP contribution in [0.3, 0.4) is 0 Å². The van der Waals surface area contributed by atoms with Crippen LogP contribution < -0.4 is 5.73 Å². The van der Waals surface area contributed by atoms with Crippen molar-refractivity contribution in [2.45, 2.75) is 37.5 Å². The molecule has 4 heteroatoms. The maximum atomic E-state index is 5.91. The van der Waals surface area contributed by atoms with Crippen LogP contribution in [0.15, 0.2) is 5.03 Å². The molecule has 1 rings (SSSR count). The fourth-order valence-corrected chi connectivity index (χ4v) is 2.08. The van der Waals surface area contributed by atoms with Gasteiger partial charge in [-0.1, -0.05) is 32.5 Å². The Balaban J connectivity index is 3.01. The van der Waals surface area contributed by atoms with Crippen molar-refractivity contribution in [2.24, 2.45) is 7.05 Å². The van der Waals surface area contributed by atoms with Crippen molar-refractivity contribution < 1.29 is 0 Å². The topological polar surface area (TPSA) is 43.8 Å². The summed E-state index contributed by atoms with van der Waals surface area (Å²) in [6.07, 6.45) is 0. The number of anilines is 1. The SMILES string of the molecule is Cc1nn(C)c(SC(C)(C)C)c1N. The van der Waals surface area contributed by atoms with E-state index in [9.17, 15) is 0 Å². The fourth-order valence-electron chi connectivity index (χ4n) is 1.06. The van der Waals surface area contributed by atoms with Gasteiger partial charge in [-0.2, -0.15) is 5.10 Å². The zero-order chi connectivity index (χ0) is 10.2. The minimum absolute atomic E-state index is 0.175. The predicted molar refractivity (Wildman–Crippen MR) is 58.0 cm³/mol. The number of nitrogens with zero attached hydrogens (tertiary/aromatic N) is 2. The van der Waals surface area contributed by atoms with Gasteiger partial charge in [0, 0.05) is 11.8 Å². The highest BCUT2D eigenvalue weighted by molar-refractivity contribution is 8.00. The van der Waals surface area contributed by atoms with Crippen LogP contribution in [-0.2, 0) is 7.05 Å². The zero-order valence-electron chi connectivity index (χ0n) is 8.88. The van der Waals surface area contributed by atoms with Gasteiger partial charge < -0.3 is 5.73 Å². The van der Waals surface area contributed by atoms with Crippen molar-refractivity contribution >= 4 is 17.4 Å². The molecular weight excluding hydrogens is 182 g/mol. The van der Waals surface area contributed by atoms with Gasteiger partial charge in [0.2, 0.25) is 0 Å². The molecule has 13 heavy (non-hydrogen) atoms. The van der Waals surface area contributed by atoms with Gasteiger partial charge in [0.25, 0.3) is 0 Å². The van der Waals surface area contributed by atoms with E-state index in [2.05, 4.69) is 25.9 Å². The summed E-state index contributed by atoms with van der Waals surface area (Å²) in [6, 6.07) is 0. The summed E-state index contributed by atoms with van der Waals surface area (Å²) in [6.45, 7) is 8.43. The lowest BCUT2D eigenvalue weighted by atomic mass is 10.3. The quantitative estimate of drug-likeness (QED) is 0.705. The van der Waals surface area contributed by atoms with Gasteiger partial charge in [0.1, 0.15) is 5.03 Å². The van der Waals surface area contributed by atoms with Crippen LogP contribution in [0.4, 0.5) is 5.69 Å². The number of thioether (sulfide) groups is 1. The van der Waals surface area contributed by atoms with E-state index >= 15 is 0 Å². The maximum absolute atomic E-state index is 5.91. The largest absolute Gasteiger partial charge is 0.395 e. The number of rotatable bonds is 1. The normalized spacial score (nSPS) is 12.1. The third-order valence-corrected chi connectivity index (χ3v) is 2.91. The summed E-state index contributed by atoms with van der Waals surface area (Å²) in [5.41, 5.74) is 7.63. The molecule has 0 unspecified atom stereocenters. The Hall–Kier alpha value is -0.640. The molecule has 0 aliphatic rings. The highest BCUT2D eigenvalue weighted by atomic mass is 32.2. The number of aromatic nitrogens is 2. The van der Waals surface area contributed by atoms with Crippen molar-refractivity contribution in [3.05, 3.63) is 5.69 Å². The Morgan fingerprint density at radius 2 is 1.92 bits per heavy atom. The second kappa shape index (κ2) is 3.25. The summed E-state index contributed by atoms with van der Waals surface area (Å²) in [5.74, 6) is 0. The van der Waals surface area contributed by atoms with Gasteiger partial charge in [0.15, 0.2) is 0 Å². The number of nitrogen functional groups attached to an aromatic ring is 1. The Morgan fingerprint density at radius 3 is 2.23 bits per heavy atom. The van der Waals surface area contributed by atoms with Crippen LogP contribution >= 0.6 is 11.8 Å². The molecule has 0 atom stereocenters. The zero-order valence-corrected chi connectivity index (χ0v) is 9.70. The van der Waals surface area contributed by atoms with Gasteiger partial charge in [-0.3, -0.25) is 4.68 Å². The van der Waals surface area contributed by atoms with Crippen molar-refractivity contribution in [3.8, 4) is 0 Å². The van der Waals surface area contributed by atoms with E-state index in [0.29, 0.717) is 0 Å². The number of hydrogen-bond donors (Lipinski definition) is 1. The maximum Gasteiger partial charge on any atom is 0.117 e. The van der Waals surface area contributed by atoms with E-state index in [1.165, 1.54) is 0 Å². The molecule has 74 valence electrons. The van der Waals surface area contributed by atoms with Crippen LogP contribution in [0.1, 0.15) is 26.5 Å². The molecular formula is C9H17N3S. The number of aryl methyl sites for hydroxylation is 2. The van der Waals surface area contributed by atoms with E-state index in [1.807, 2.05) is 18.7 Å². The van der Waals surface area contributed by atoms with Crippen molar-refractivity contribution in [3.63, 3.8) is 0 Å². The molecule has 2 N–H and O–H groups in total. The first-order valence-electron chi connectivity index (χ1n) is 4.29. The van der Waals surface area contributed by atoms with Crippen LogP contribution in [0.2, 0.25) is 0 Å². The van der Waals surface area contributed by atoms with E-state index in [1.54, 1.807) is 11.8 Å². The summed E-state index contributed by atoms with van der Waals surface area (Å²) < 4.78 is 2.02. The minimum Gasteiger partial charge on any atom is -0.395 e. The second-order valence-corrected chi connectivity index (χ2v) is 5.96. The van der Waals surface area contributed by atoms with Crippen LogP contribution in [0.5, 0.6) is 0 Å². The molecule has 1 aromatic heterocycles. The highest BCUT2D eigenvalue weighted by Gasteiger charge is 2.18. The second-order valence-electron chi connectivity index (χ2n) is 4.14. The Morgan fingerprint density at radius 1 is 1.38 bits per heavy atom. The molecule has 0 saturated heterocycles. The molecule has 0 saturated carbocycles. The highest BCUT2D eigenvalue weighted by Crippen LogP contribution is 2.36. The molecule has 0 bridgehead atoms. The minimum atomic E-state index is 0.175. The van der Waals surface area contributed by atoms with Gasteiger partial charge in [-0.15, -0.1) is 0 Å². The molecule has 1 aromatic rings. The molecule has 0 aromatic carbocycles. The van der Waals surface area contributed by atoms with Crippen LogP contribution in [0.25, 0.3) is 0 Å². The Bertz CT molecular complexity index is 309. The monoisotopic (exact) mass is 199 g/mol. The molecule has 0 amide bonds. The fraction of sp³-hybridized carbons (Fsp3) is 0.667. The average Bonchev–Trinajstić information content (AvgIpc) is 2.14. The standard InChI is InChI=1S/C9H17N3S/c1-6-7(10)8(12(5)11-6)13-9(2,3)4/h10H2,1-5H3. The Kier molecular flexibility index (Phi) is 2.61.